The minimum absolute atomic E-state index is 0.394. The largest absolute Gasteiger partial charge is 0.310 e. The van der Waals surface area contributed by atoms with Crippen LogP contribution in [0, 0.1) is 0 Å². The minimum atomic E-state index is -0.539. The van der Waals surface area contributed by atoms with Crippen molar-refractivity contribution in [1.29, 1.82) is 0 Å². The van der Waals surface area contributed by atoms with Crippen LogP contribution in [0.3, 0.4) is 0 Å². The summed E-state index contributed by atoms with van der Waals surface area (Å²) in [5, 5.41) is 0.963. The highest BCUT2D eigenvalue weighted by Gasteiger charge is 2.39. The fraction of sp³-hybridized carbons (Fsp3) is 0.188. The number of carbonyl (C=O) groups excluding carboxylic acids is 1. The van der Waals surface area contributed by atoms with Gasteiger partial charge in [0.1, 0.15) is 17.5 Å². The molecule has 0 amide bonds. The molecule has 0 spiro atoms. The second kappa shape index (κ2) is 5.51. The van der Waals surface area contributed by atoms with E-state index in [9.17, 15) is 4.79 Å². The Bertz CT molecular complexity index is 823. The van der Waals surface area contributed by atoms with E-state index < -0.39 is 6.04 Å². The van der Waals surface area contributed by atoms with Crippen molar-refractivity contribution in [2.45, 2.75) is 6.04 Å². The predicted molar refractivity (Wildman–Crippen MR) is 91.6 cm³/mol. The van der Waals surface area contributed by atoms with E-state index in [4.69, 9.17) is 23.2 Å². The summed E-state index contributed by atoms with van der Waals surface area (Å²) in [6.07, 6.45) is 2.53. The monoisotopic (exact) mass is 346 g/mol. The second-order valence-electron chi connectivity index (χ2n) is 5.30. The molecule has 2 aliphatic rings. The normalized spacial score (nSPS) is 19.2. The van der Waals surface area contributed by atoms with Gasteiger partial charge >= 0.3 is 0 Å². The van der Waals surface area contributed by atoms with Crippen LogP contribution in [0.4, 0.5) is 11.4 Å². The molecule has 0 radical (unpaired) electrons. The standard InChI is InChI=1S/C16H12Cl2N4O/c17-11-3-1-2-4-12(11)22-14(9-23)10-8-20-15(18)7-13(10)21-6-5-19-16(21)22/h1-4,7-9,14H,5-6H2. The quantitative estimate of drug-likeness (QED) is 0.618. The number of rotatable bonds is 2. The molecular formula is C16H12Cl2N4O. The van der Waals surface area contributed by atoms with Crippen molar-refractivity contribution in [3.8, 4) is 0 Å². The average Bonchev–Trinajstić information content (AvgIpc) is 3.04. The van der Waals surface area contributed by atoms with E-state index in [1.54, 1.807) is 18.3 Å². The summed E-state index contributed by atoms with van der Waals surface area (Å²) in [5.74, 6) is 0.713. The van der Waals surface area contributed by atoms with E-state index in [0.29, 0.717) is 22.7 Å². The summed E-state index contributed by atoms with van der Waals surface area (Å²) in [7, 11) is 0. The smallest absolute Gasteiger partial charge is 0.206 e. The summed E-state index contributed by atoms with van der Waals surface area (Å²) in [6, 6.07) is 8.66. The maximum Gasteiger partial charge on any atom is 0.206 e. The van der Waals surface area contributed by atoms with Crippen LogP contribution in [0.25, 0.3) is 0 Å². The lowest BCUT2D eigenvalue weighted by Gasteiger charge is -2.41. The van der Waals surface area contributed by atoms with E-state index in [0.717, 1.165) is 29.8 Å². The van der Waals surface area contributed by atoms with Gasteiger partial charge in [-0.2, -0.15) is 0 Å². The van der Waals surface area contributed by atoms with Gasteiger partial charge in [0.25, 0.3) is 0 Å². The first-order valence-electron chi connectivity index (χ1n) is 7.17. The third kappa shape index (κ3) is 2.19. The number of aliphatic imine (C=N–C) groups is 1. The van der Waals surface area contributed by atoms with Crippen molar-refractivity contribution >= 4 is 46.8 Å². The molecule has 1 unspecified atom stereocenters. The van der Waals surface area contributed by atoms with Crippen LogP contribution in [0.15, 0.2) is 41.5 Å². The Morgan fingerprint density at radius 1 is 1.22 bits per heavy atom. The van der Waals surface area contributed by atoms with E-state index in [1.165, 1.54) is 0 Å². The van der Waals surface area contributed by atoms with Gasteiger partial charge in [-0.1, -0.05) is 35.3 Å². The van der Waals surface area contributed by atoms with Crippen LogP contribution in [-0.4, -0.2) is 30.3 Å². The second-order valence-corrected chi connectivity index (χ2v) is 6.10. The van der Waals surface area contributed by atoms with Gasteiger partial charge in [0.2, 0.25) is 5.96 Å². The lowest BCUT2D eigenvalue weighted by molar-refractivity contribution is -0.108. The number of guanidine groups is 1. The molecule has 0 saturated carbocycles. The van der Waals surface area contributed by atoms with E-state index in [1.807, 2.05) is 28.0 Å². The number of para-hydroxylation sites is 1. The van der Waals surface area contributed by atoms with Crippen molar-refractivity contribution in [1.82, 2.24) is 4.98 Å². The number of halogens is 2. The molecule has 3 heterocycles. The zero-order valence-corrected chi connectivity index (χ0v) is 13.5. The summed E-state index contributed by atoms with van der Waals surface area (Å²) in [4.78, 5) is 24.5. The summed E-state index contributed by atoms with van der Waals surface area (Å²) in [6.45, 7) is 1.39. The Hall–Kier alpha value is -2.11. The summed E-state index contributed by atoms with van der Waals surface area (Å²) >= 11 is 12.4. The van der Waals surface area contributed by atoms with Crippen molar-refractivity contribution in [2.24, 2.45) is 4.99 Å². The number of benzene rings is 1. The van der Waals surface area contributed by atoms with Crippen LogP contribution in [-0.2, 0) is 4.79 Å². The van der Waals surface area contributed by atoms with E-state index in [2.05, 4.69) is 9.98 Å². The summed E-state index contributed by atoms with van der Waals surface area (Å²) in [5.41, 5.74) is 2.42. The number of hydrogen-bond donors (Lipinski definition) is 0. The third-order valence-electron chi connectivity index (χ3n) is 4.04. The Kier molecular flexibility index (Phi) is 3.47. The van der Waals surface area contributed by atoms with Crippen LogP contribution < -0.4 is 9.80 Å². The molecule has 4 rings (SSSR count). The lowest BCUT2D eigenvalue weighted by atomic mass is 10.0. The molecule has 23 heavy (non-hydrogen) atoms. The number of aromatic nitrogens is 1. The number of hydrogen-bond acceptors (Lipinski definition) is 5. The molecule has 0 saturated heterocycles. The number of aldehydes is 1. The van der Waals surface area contributed by atoms with Gasteiger partial charge < -0.3 is 9.69 Å². The van der Waals surface area contributed by atoms with Crippen molar-refractivity contribution in [3.63, 3.8) is 0 Å². The predicted octanol–water partition coefficient (Wildman–Crippen LogP) is 3.32. The van der Waals surface area contributed by atoms with Crippen molar-refractivity contribution in [2.75, 3.05) is 22.9 Å². The van der Waals surface area contributed by atoms with Crippen LogP contribution in [0.5, 0.6) is 0 Å². The number of anilines is 2. The zero-order chi connectivity index (χ0) is 16.0. The molecule has 0 fully saturated rings. The van der Waals surface area contributed by atoms with Gasteiger partial charge in [0.05, 0.1) is 22.9 Å². The van der Waals surface area contributed by atoms with E-state index in [-0.39, 0.29) is 0 Å². The number of carbonyl (C=O) groups is 1. The maximum atomic E-state index is 11.9. The number of fused-ring (bicyclic) bond motifs is 3. The first-order valence-corrected chi connectivity index (χ1v) is 7.93. The van der Waals surface area contributed by atoms with Crippen molar-refractivity contribution < 1.29 is 4.79 Å². The average molecular weight is 347 g/mol. The lowest BCUT2D eigenvalue weighted by Crippen LogP contribution is -2.49. The molecule has 116 valence electrons. The molecule has 1 aromatic carbocycles. The highest BCUT2D eigenvalue weighted by atomic mass is 35.5. The van der Waals surface area contributed by atoms with Gasteiger partial charge in [-0.3, -0.25) is 9.89 Å². The first kappa shape index (κ1) is 14.5. The van der Waals surface area contributed by atoms with E-state index >= 15 is 0 Å². The fourth-order valence-corrected chi connectivity index (χ4v) is 3.44. The molecule has 2 aromatic rings. The number of pyridine rings is 1. The molecule has 2 aliphatic heterocycles. The van der Waals surface area contributed by atoms with Gasteiger partial charge in [0, 0.05) is 18.3 Å². The fourth-order valence-electron chi connectivity index (χ4n) is 3.06. The topological polar surface area (TPSA) is 48.8 Å². The Morgan fingerprint density at radius 3 is 2.83 bits per heavy atom. The molecule has 0 N–H and O–H groups in total. The Labute approximate surface area is 143 Å². The van der Waals surface area contributed by atoms with Gasteiger partial charge in [-0.15, -0.1) is 0 Å². The Morgan fingerprint density at radius 2 is 2.04 bits per heavy atom. The molecule has 7 heteroatoms. The molecule has 1 atom stereocenters. The highest BCUT2D eigenvalue weighted by molar-refractivity contribution is 6.34. The SMILES string of the molecule is O=CC1c2cnc(Cl)cc2N2CCN=C2N1c1ccccc1Cl. The molecule has 0 bridgehead atoms. The molecule has 5 nitrogen and oxygen atoms in total. The maximum absolute atomic E-state index is 11.9. The zero-order valence-electron chi connectivity index (χ0n) is 12.0. The summed E-state index contributed by atoms with van der Waals surface area (Å²) < 4.78 is 0. The minimum Gasteiger partial charge on any atom is -0.310 e. The highest BCUT2D eigenvalue weighted by Crippen LogP contribution is 2.42. The van der Waals surface area contributed by atoms with Gasteiger partial charge in [0.15, 0.2) is 0 Å². The molecular weight excluding hydrogens is 335 g/mol. The van der Waals surface area contributed by atoms with Crippen LogP contribution >= 0.6 is 23.2 Å². The van der Waals surface area contributed by atoms with Gasteiger partial charge in [-0.25, -0.2) is 4.98 Å². The van der Waals surface area contributed by atoms with Crippen molar-refractivity contribution in [3.05, 3.63) is 52.3 Å². The first-order chi connectivity index (χ1) is 11.2. The number of nitrogens with zero attached hydrogens (tertiary/aromatic N) is 4. The Balaban J connectivity index is 1.95. The molecule has 0 aliphatic carbocycles. The molecule has 1 aromatic heterocycles. The van der Waals surface area contributed by atoms with Crippen LogP contribution in [0.1, 0.15) is 11.6 Å². The van der Waals surface area contributed by atoms with Gasteiger partial charge in [-0.05, 0) is 18.2 Å². The van der Waals surface area contributed by atoms with Crippen LogP contribution in [0.2, 0.25) is 10.2 Å². The third-order valence-corrected chi connectivity index (χ3v) is 4.57.